The van der Waals surface area contributed by atoms with Crippen molar-refractivity contribution in [3.8, 4) is 5.69 Å². The van der Waals surface area contributed by atoms with Gasteiger partial charge >= 0.3 is 0 Å². The molecular weight excluding hydrogens is 464 g/mol. The van der Waals surface area contributed by atoms with Crippen LogP contribution in [0, 0.1) is 0 Å². The average Bonchev–Trinajstić information content (AvgIpc) is 3.48. The fourth-order valence-electron chi connectivity index (χ4n) is 2.94. The van der Waals surface area contributed by atoms with Gasteiger partial charge in [0.25, 0.3) is 5.91 Å². The van der Waals surface area contributed by atoms with Crippen LogP contribution in [0.5, 0.6) is 0 Å². The molecule has 0 unspecified atom stereocenters. The van der Waals surface area contributed by atoms with Gasteiger partial charge < -0.3 is 10.6 Å². The van der Waals surface area contributed by atoms with Gasteiger partial charge in [-0.25, -0.2) is 4.98 Å². The lowest BCUT2D eigenvalue weighted by molar-refractivity contribution is -0.113. The number of aromatic nitrogens is 2. The van der Waals surface area contributed by atoms with Crippen LogP contribution in [0.3, 0.4) is 0 Å². The Morgan fingerprint density at radius 3 is 2.69 bits per heavy atom. The number of anilines is 1. The van der Waals surface area contributed by atoms with Crippen molar-refractivity contribution in [2.75, 3.05) is 11.1 Å². The first-order chi connectivity index (χ1) is 15.6. The molecule has 0 spiro atoms. The van der Waals surface area contributed by atoms with Crippen molar-refractivity contribution >= 4 is 52.2 Å². The molecule has 0 fully saturated rings. The zero-order valence-corrected chi connectivity index (χ0v) is 19.2. The molecule has 2 aromatic heterocycles. The van der Waals surface area contributed by atoms with E-state index in [1.54, 1.807) is 53.9 Å². The first-order valence-electron chi connectivity index (χ1n) is 9.71. The zero-order valence-electron chi connectivity index (χ0n) is 16.8. The summed E-state index contributed by atoms with van der Waals surface area (Å²) in [5.74, 6) is -0.0698. The Kier molecular flexibility index (Phi) is 7.26. The number of carbonyl (C=O) groups is 2. The topological polar surface area (TPSA) is 76.0 Å². The first kappa shape index (κ1) is 22.1. The van der Waals surface area contributed by atoms with Gasteiger partial charge in [-0.15, -0.1) is 11.3 Å². The van der Waals surface area contributed by atoms with Crippen LogP contribution in [-0.2, 0) is 11.3 Å². The van der Waals surface area contributed by atoms with E-state index in [0.717, 1.165) is 10.6 Å². The predicted molar refractivity (Wildman–Crippen MR) is 130 cm³/mol. The summed E-state index contributed by atoms with van der Waals surface area (Å²) in [5.41, 5.74) is 2.09. The van der Waals surface area contributed by atoms with E-state index < -0.39 is 0 Å². The van der Waals surface area contributed by atoms with Crippen LogP contribution in [-0.4, -0.2) is 27.1 Å². The Labute approximate surface area is 198 Å². The number of thiophene rings is 1. The summed E-state index contributed by atoms with van der Waals surface area (Å²) < 4.78 is 1.88. The van der Waals surface area contributed by atoms with Gasteiger partial charge in [-0.1, -0.05) is 35.5 Å². The van der Waals surface area contributed by atoms with E-state index >= 15 is 0 Å². The van der Waals surface area contributed by atoms with Crippen LogP contribution < -0.4 is 10.6 Å². The molecule has 2 heterocycles. The molecule has 2 N–H and O–H groups in total. The number of rotatable bonds is 8. The van der Waals surface area contributed by atoms with Crippen LogP contribution in [0.15, 0.2) is 83.6 Å². The highest BCUT2D eigenvalue weighted by atomic mass is 35.5. The SMILES string of the molecule is O=C(CSc1nccn1-c1ccc(C(=O)NCc2cccs2)cc1)Nc1cccc(Cl)c1. The molecule has 4 rings (SSSR count). The number of thioether (sulfide) groups is 1. The predicted octanol–water partition coefficient (Wildman–Crippen LogP) is 5.25. The first-order valence-corrected chi connectivity index (χ1v) is 12.0. The van der Waals surface area contributed by atoms with Gasteiger partial charge in [-0.05, 0) is 53.9 Å². The number of benzene rings is 2. The number of nitrogens with zero attached hydrogens (tertiary/aromatic N) is 2. The molecular formula is C23H19ClN4O2S2. The summed E-state index contributed by atoms with van der Waals surface area (Å²) in [6.07, 6.45) is 3.50. The molecule has 0 aliphatic carbocycles. The normalized spacial score (nSPS) is 10.7. The second-order valence-corrected chi connectivity index (χ2v) is 9.15. The zero-order chi connectivity index (χ0) is 22.3. The molecule has 0 aliphatic rings. The van der Waals surface area contributed by atoms with Gasteiger partial charge in [0.2, 0.25) is 5.91 Å². The molecule has 6 nitrogen and oxygen atoms in total. The molecule has 162 valence electrons. The van der Waals surface area contributed by atoms with Crippen LogP contribution in [0.2, 0.25) is 5.02 Å². The third-order valence-electron chi connectivity index (χ3n) is 4.46. The van der Waals surface area contributed by atoms with Crippen molar-refractivity contribution in [1.29, 1.82) is 0 Å². The molecule has 0 atom stereocenters. The minimum Gasteiger partial charge on any atom is -0.347 e. The van der Waals surface area contributed by atoms with E-state index in [1.807, 2.05) is 40.4 Å². The largest absolute Gasteiger partial charge is 0.347 e. The van der Waals surface area contributed by atoms with Crippen molar-refractivity contribution in [3.05, 3.63) is 93.9 Å². The van der Waals surface area contributed by atoms with E-state index in [9.17, 15) is 9.59 Å². The molecule has 0 bridgehead atoms. The summed E-state index contributed by atoms with van der Waals surface area (Å²) in [7, 11) is 0. The highest BCUT2D eigenvalue weighted by molar-refractivity contribution is 7.99. The third-order valence-corrected chi connectivity index (χ3v) is 6.54. The van der Waals surface area contributed by atoms with E-state index in [2.05, 4.69) is 15.6 Å². The second kappa shape index (κ2) is 10.5. The number of amides is 2. The van der Waals surface area contributed by atoms with Crippen molar-refractivity contribution in [2.24, 2.45) is 0 Å². The molecule has 9 heteroatoms. The van der Waals surface area contributed by atoms with Gasteiger partial charge in [0.15, 0.2) is 5.16 Å². The maximum atomic E-state index is 12.4. The van der Waals surface area contributed by atoms with Gasteiger partial charge in [-0.2, -0.15) is 0 Å². The fraction of sp³-hybridized carbons (Fsp3) is 0.0870. The van der Waals surface area contributed by atoms with E-state index in [0.29, 0.717) is 28.0 Å². The van der Waals surface area contributed by atoms with Crippen molar-refractivity contribution in [1.82, 2.24) is 14.9 Å². The fourth-order valence-corrected chi connectivity index (χ4v) is 4.55. The van der Waals surface area contributed by atoms with Crippen molar-refractivity contribution < 1.29 is 9.59 Å². The van der Waals surface area contributed by atoms with E-state index in [1.165, 1.54) is 11.8 Å². The van der Waals surface area contributed by atoms with Gasteiger partial charge in [0, 0.05) is 39.2 Å². The minimum absolute atomic E-state index is 0.122. The average molecular weight is 483 g/mol. The van der Waals surface area contributed by atoms with E-state index in [4.69, 9.17) is 11.6 Å². The second-order valence-electron chi connectivity index (χ2n) is 6.74. The van der Waals surface area contributed by atoms with Crippen molar-refractivity contribution in [3.63, 3.8) is 0 Å². The standard InChI is InChI=1S/C23H19ClN4O2S2/c24-17-3-1-4-18(13-17)27-21(29)15-32-23-25-10-11-28(23)19-8-6-16(7-9-19)22(30)26-14-20-5-2-12-31-20/h1-13H,14-15H2,(H,26,30)(H,27,29). The number of nitrogens with one attached hydrogen (secondary N) is 2. The Morgan fingerprint density at radius 1 is 1.09 bits per heavy atom. The number of carbonyl (C=O) groups excluding carboxylic acids is 2. The van der Waals surface area contributed by atoms with Gasteiger partial charge in [-0.3, -0.25) is 14.2 Å². The molecule has 0 radical (unpaired) electrons. The maximum Gasteiger partial charge on any atom is 0.251 e. The maximum absolute atomic E-state index is 12.4. The molecule has 0 saturated heterocycles. The molecule has 4 aromatic rings. The highest BCUT2D eigenvalue weighted by Gasteiger charge is 2.11. The van der Waals surface area contributed by atoms with Gasteiger partial charge in [0.05, 0.1) is 12.3 Å². The number of halogens is 1. The lowest BCUT2D eigenvalue weighted by Crippen LogP contribution is -2.22. The lowest BCUT2D eigenvalue weighted by atomic mass is 10.2. The van der Waals surface area contributed by atoms with E-state index in [-0.39, 0.29) is 17.6 Å². The lowest BCUT2D eigenvalue weighted by Gasteiger charge is -2.09. The van der Waals surface area contributed by atoms with Crippen molar-refractivity contribution in [2.45, 2.75) is 11.7 Å². The highest BCUT2D eigenvalue weighted by Crippen LogP contribution is 2.22. The summed E-state index contributed by atoms with van der Waals surface area (Å²) in [4.78, 5) is 30.1. The summed E-state index contributed by atoms with van der Waals surface area (Å²) >= 11 is 8.89. The number of imidazole rings is 1. The summed E-state index contributed by atoms with van der Waals surface area (Å²) in [5, 5.41) is 8.97. The van der Waals surface area contributed by atoms with Crippen LogP contribution in [0.1, 0.15) is 15.2 Å². The van der Waals surface area contributed by atoms with Gasteiger partial charge in [0.1, 0.15) is 0 Å². The molecule has 0 aliphatic heterocycles. The Bertz CT molecular complexity index is 1210. The molecule has 2 amide bonds. The third kappa shape index (κ3) is 5.79. The molecule has 32 heavy (non-hydrogen) atoms. The molecule has 0 saturated carbocycles. The quantitative estimate of drug-likeness (QED) is 0.336. The Balaban J connectivity index is 1.35. The summed E-state index contributed by atoms with van der Waals surface area (Å²) in [6.45, 7) is 0.512. The number of hydrogen-bond donors (Lipinski definition) is 2. The number of hydrogen-bond acceptors (Lipinski definition) is 5. The minimum atomic E-state index is -0.149. The van der Waals surface area contributed by atoms with Crippen LogP contribution in [0.25, 0.3) is 5.69 Å². The Hall–Kier alpha value is -3.07. The molecule has 2 aromatic carbocycles. The van der Waals surface area contributed by atoms with Crippen LogP contribution in [0.4, 0.5) is 5.69 Å². The van der Waals surface area contributed by atoms with Crippen LogP contribution >= 0.6 is 34.7 Å². The monoisotopic (exact) mass is 482 g/mol. The Morgan fingerprint density at radius 2 is 1.94 bits per heavy atom. The summed E-state index contributed by atoms with van der Waals surface area (Å²) in [6, 6.07) is 18.2. The smallest absolute Gasteiger partial charge is 0.251 e.